The second-order valence-corrected chi connectivity index (χ2v) is 3.63. The molecule has 0 amide bonds. The van der Waals surface area contributed by atoms with Crippen LogP contribution in [0.15, 0.2) is 11.1 Å². The van der Waals surface area contributed by atoms with Crippen LogP contribution in [0, 0.1) is 0 Å². The fourth-order valence-electron chi connectivity index (χ4n) is 1.64. The van der Waals surface area contributed by atoms with Crippen molar-refractivity contribution in [1.29, 1.82) is 0 Å². The second-order valence-electron chi connectivity index (χ2n) is 3.63. The summed E-state index contributed by atoms with van der Waals surface area (Å²) in [6.45, 7) is -0.473. The molecular formula is C8H12N4O5Pb. The average Bonchev–Trinajstić information content (AvgIpc) is 2.57. The Bertz CT molecular complexity index is 469. The molecule has 0 spiro atoms. The number of aliphatic hydroxyl groups excluding tert-OH is 3. The molecule has 5 N–H and O–H groups in total. The maximum atomic E-state index is 11.5. The van der Waals surface area contributed by atoms with Crippen LogP contribution in [0.5, 0.6) is 0 Å². The van der Waals surface area contributed by atoms with E-state index in [1.165, 1.54) is 0 Å². The van der Waals surface area contributed by atoms with Gasteiger partial charge in [0.25, 0.3) is 0 Å². The first-order valence-corrected chi connectivity index (χ1v) is 4.87. The Morgan fingerprint density at radius 1 is 1.44 bits per heavy atom. The third kappa shape index (κ3) is 2.69. The normalized spacial score (nSPS) is 31.1. The monoisotopic (exact) mass is 452 g/mol. The fourth-order valence-corrected chi connectivity index (χ4v) is 1.64. The van der Waals surface area contributed by atoms with Crippen molar-refractivity contribution in [3.05, 3.63) is 16.8 Å². The molecule has 2 rings (SSSR count). The zero-order valence-electron chi connectivity index (χ0n) is 9.17. The summed E-state index contributed by atoms with van der Waals surface area (Å²) in [7, 11) is 0. The molecule has 1 fully saturated rings. The number of aliphatic hydroxyl groups is 3. The SMILES string of the molecule is Nc1ncn([C@@H]2O[C@H](CO)[C@@H](O)[C@H]2O)c(=O)n1.[Pb]. The third-order valence-electron chi connectivity index (χ3n) is 2.54. The average molecular weight is 451 g/mol. The smallest absolute Gasteiger partial charge is 0.354 e. The van der Waals surface area contributed by atoms with Crippen molar-refractivity contribution in [2.24, 2.45) is 0 Å². The minimum Gasteiger partial charge on any atom is -0.394 e. The van der Waals surface area contributed by atoms with Gasteiger partial charge in [0.2, 0.25) is 5.95 Å². The predicted octanol–water partition coefficient (Wildman–Crippen LogP) is -3.55. The number of rotatable bonds is 2. The van der Waals surface area contributed by atoms with Crippen LogP contribution in [-0.2, 0) is 4.74 Å². The van der Waals surface area contributed by atoms with Crippen molar-refractivity contribution in [3.8, 4) is 0 Å². The molecule has 0 aromatic carbocycles. The Kier molecular flexibility index (Phi) is 5.15. The van der Waals surface area contributed by atoms with Crippen molar-refractivity contribution >= 4 is 33.2 Å². The molecule has 0 bridgehead atoms. The Balaban J connectivity index is 0.00000162. The first-order chi connectivity index (χ1) is 8.04. The number of nitrogens with zero attached hydrogens (tertiary/aromatic N) is 3. The topological polar surface area (TPSA) is 144 Å². The molecule has 2 heterocycles. The minimum absolute atomic E-state index is 0. The van der Waals surface area contributed by atoms with Crippen LogP contribution in [0.4, 0.5) is 5.95 Å². The van der Waals surface area contributed by atoms with Gasteiger partial charge >= 0.3 is 5.69 Å². The van der Waals surface area contributed by atoms with E-state index in [2.05, 4.69) is 9.97 Å². The van der Waals surface area contributed by atoms with Crippen LogP contribution in [-0.4, -0.2) is 82.1 Å². The molecule has 10 heteroatoms. The van der Waals surface area contributed by atoms with E-state index in [1.807, 2.05) is 0 Å². The van der Waals surface area contributed by atoms with E-state index in [1.54, 1.807) is 0 Å². The molecular weight excluding hydrogens is 439 g/mol. The van der Waals surface area contributed by atoms with Gasteiger partial charge in [-0.3, -0.25) is 4.57 Å². The van der Waals surface area contributed by atoms with Crippen molar-refractivity contribution in [3.63, 3.8) is 0 Å². The molecule has 4 radical (unpaired) electrons. The van der Waals surface area contributed by atoms with Crippen LogP contribution < -0.4 is 11.4 Å². The van der Waals surface area contributed by atoms with E-state index >= 15 is 0 Å². The van der Waals surface area contributed by atoms with E-state index in [0.29, 0.717) is 0 Å². The molecule has 4 atom stereocenters. The standard InChI is InChI=1S/C8H12N4O5.Pb/c9-7-10-2-12(8(16)11-7)6-5(15)4(14)3(1-13)17-6;/h2-6,13-15H,1H2,(H2,9,11,16);/t3-,4-,5-,6-;/m1./s1. The van der Waals surface area contributed by atoms with Gasteiger partial charge < -0.3 is 25.8 Å². The van der Waals surface area contributed by atoms with E-state index in [9.17, 15) is 15.0 Å². The van der Waals surface area contributed by atoms with Gasteiger partial charge in [0.05, 0.1) is 6.61 Å². The van der Waals surface area contributed by atoms with Gasteiger partial charge in [0.15, 0.2) is 6.23 Å². The van der Waals surface area contributed by atoms with Crippen molar-refractivity contribution in [1.82, 2.24) is 14.5 Å². The Morgan fingerprint density at radius 3 is 2.61 bits per heavy atom. The Labute approximate surface area is 121 Å². The van der Waals surface area contributed by atoms with E-state index < -0.39 is 36.8 Å². The summed E-state index contributed by atoms with van der Waals surface area (Å²) in [6, 6.07) is 0. The number of anilines is 1. The zero-order valence-corrected chi connectivity index (χ0v) is 13.1. The summed E-state index contributed by atoms with van der Waals surface area (Å²) in [5.41, 5.74) is 4.46. The minimum atomic E-state index is -1.35. The second kappa shape index (κ2) is 6.01. The molecule has 0 saturated carbocycles. The van der Waals surface area contributed by atoms with Gasteiger partial charge in [0.1, 0.15) is 24.6 Å². The molecule has 1 aromatic heterocycles. The first-order valence-electron chi connectivity index (χ1n) is 4.87. The number of ether oxygens (including phenoxy) is 1. The molecule has 98 valence electrons. The quantitative estimate of drug-likeness (QED) is 0.339. The van der Waals surface area contributed by atoms with Gasteiger partial charge in [-0.2, -0.15) is 4.98 Å². The van der Waals surface area contributed by atoms with Gasteiger partial charge in [-0.15, -0.1) is 0 Å². The van der Waals surface area contributed by atoms with Crippen LogP contribution in [0.2, 0.25) is 0 Å². The van der Waals surface area contributed by atoms with E-state index in [0.717, 1.165) is 10.9 Å². The summed E-state index contributed by atoms with van der Waals surface area (Å²) in [4.78, 5) is 18.4. The maximum absolute atomic E-state index is 11.5. The molecule has 18 heavy (non-hydrogen) atoms. The molecule has 1 aliphatic heterocycles. The number of nitrogens with two attached hydrogens (primary N) is 1. The number of hydrogen-bond donors (Lipinski definition) is 4. The summed E-state index contributed by atoms with van der Waals surface area (Å²) in [6.07, 6.45) is -3.67. The van der Waals surface area contributed by atoms with Crippen LogP contribution in [0.25, 0.3) is 0 Å². The van der Waals surface area contributed by atoms with Crippen LogP contribution in [0.1, 0.15) is 6.23 Å². The summed E-state index contributed by atoms with van der Waals surface area (Å²) < 4.78 is 6.04. The van der Waals surface area contributed by atoms with Gasteiger partial charge in [-0.1, -0.05) is 0 Å². The Morgan fingerprint density at radius 2 is 2.11 bits per heavy atom. The molecule has 1 aliphatic rings. The van der Waals surface area contributed by atoms with Crippen molar-refractivity contribution in [2.75, 3.05) is 12.3 Å². The van der Waals surface area contributed by atoms with Gasteiger partial charge in [0, 0.05) is 27.3 Å². The molecule has 9 nitrogen and oxygen atoms in total. The number of aromatic nitrogens is 3. The molecule has 0 unspecified atom stereocenters. The van der Waals surface area contributed by atoms with Crippen LogP contribution >= 0.6 is 0 Å². The largest absolute Gasteiger partial charge is 0.394 e. The maximum Gasteiger partial charge on any atom is 0.354 e. The van der Waals surface area contributed by atoms with Crippen molar-refractivity contribution < 1.29 is 20.1 Å². The molecule has 1 saturated heterocycles. The number of nitrogen functional groups attached to an aromatic ring is 1. The van der Waals surface area contributed by atoms with Gasteiger partial charge in [-0.05, 0) is 0 Å². The summed E-state index contributed by atoms with van der Waals surface area (Å²) in [5, 5.41) is 28.1. The summed E-state index contributed by atoms with van der Waals surface area (Å²) in [5.74, 6) is -0.196. The first kappa shape index (κ1) is 15.4. The van der Waals surface area contributed by atoms with E-state index in [-0.39, 0.29) is 33.2 Å². The third-order valence-corrected chi connectivity index (χ3v) is 2.54. The molecule has 0 aliphatic carbocycles. The van der Waals surface area contributed by atoms with Crippen molar-refractivity contribution in [2.45, 2.75) is 24.5 Å². The Hall–Kier alpha value is -0.628. The number of hydrogen-bond acceptors (Lipinski definition) is 8. The molecule has 1 aromatic rings. The van der Waals surface area contributed by atoms with E-state index in [4.69, 9.17) is 15.6 Å². The predicted molar refractivity (Wildman–Crippen MR) is 59.5 cm³/mol. The van der Waals surface area contributed by atoms with Crippen LogP contribution in [0.3, 0.4) is 0 Å². The van der Waals surface area contributed by atoms with Gasteiger partial charge in [-0.25, -0.2) is 9.78 Å². The fraction of sp³-hybridized carbons (Fsp3) is 0.625. The zero-order chi connectivity index (χ0) is 12.6. The summed E-state index contributed by atoms with van der Waals surface area (Å²) >= 11 is 0.